The van der Waals surface area contributed by atoms with Crippen molar-refractivity contribution in [1.82, 2.24) is 9.97 Å². The molecule has 4 heteroatoms. The van der Waals surface area contributed by atoms with Crippen LogP contribution in [0, 0.1) is 0 Å². The summed E-state index contributed by atoms with van der Waals surface area (Å²) in [5.41, 5.74) is 6.33. The standard InChI is InChI=1S/C17H20N4/c1-2-6-16-14(5-1)17(20-11-19-16)21-13-7-8-15-12(10-13)4-3-9-18-15/h7-8,10-11,18H,1-6,9H2,(H,19,20,21). The molecule has 4 rings (SSSR count). The van der Waals surface area contributed by atoms with Crippen molar-refractivity contribution in [3.05, 3.63) is 41.3 Å². The molecule has 108 valence electrons. The number of aromatic nitrogens is 2. The number of hydrogen-bond acceptors (Lipinski definition) is 4. The molecule has 0 radical (unpaired) electrons. The molecule has 0 unspecified atom stereocenters. The number of nitrogens with one attached hydrogen (secondary N) is 2. The van der Waals surface area contributed by atoms with Crippen LogP contribution in [0.3, 0.4) is 0 Å². The predicted octanol–water partition coefficient (Wildman–Crippen LogP) is 3.46. The van der Waals surface area contributed by atoms with Gasteiger partial charge in [-0.1, -0.05) is 0 Å². The van der Waals surface area contributed by atoms with Gasteiger partial charge in [-0.05, 0) is 62.3 Å². The summed E-state index contributed by atoms with van der Waals surface area (Å²) in [5.74, 6) is 0.989. The molecule has 21 heavy (non-hydrogen) atoms. The van der Waals surface area contributed by atoms with Crippen LogP contribution in [0.1, 0.15) is 36.1 Å². The molecule has 0 spiro atoms. The zero-order chi connectivity index (χ0) is 14.1. The summed E-state index contributed by atoms with van der Waals surface area (Å²) in [6, 6.07) is 6.55. The summed E-state index contributed by atoms with van der Waals surface area (Å²) in [5, 5.41) is 6.95. The molecule has 0 fully saturated rings. The van der Waals surface area contributed by atoms with Crippen molar-refractivity contribution < 1.29 is 0 Å². The molecular formula is C17H20N4. The van der Waals surface area contributed by atoms with Crippen LogP contribution in [-0.2, 0) is 19.3 Å². The Bertz CT molecular complexity index is 666. The van der Waals surface area contributed by atoms with Gasteiger partial charge in [0.15, 0.2) is 0 Å². The zero-order valence-electron chi connectivity index (χ0n) is 12.2. The zero-order valence-corrected chi connectivity index (χ0v) is 12.2. The van der Waals surface area contributed by atoms with E-state index < -0.39 is 0 Å². The average Bonchev–Trinajstić information content (AvgIpc) is 2.55. The Morgan fingerprint density at radius 1 is 1.00 bits per heavy atom. The Hall–Kier alpha value is -2.10. The normalized spacial score (nSPS) is 16.6. The predicted molar refractivity (Wildman–Crippen MR) is 85.2 cm³/mol. The van der Waals surface area contributed by atoms with E-state index >= 15 is 0 Å². The highest BCUT2D eigenvalue weighted by Crippen LogP contribution is 2.29. The third-order valence-electron chi connectivity index (χ3n) is 4.43. The fourth-order valence-electron chi connectivity index (χ4n) is 3.32. The fraction of sp³-hybridized carbons (Fsp3) is 0.412. The van der Waals surface area contributed by atoms with Crippen LogP contribution >= 0.6 is 0 Å². The number of aryl methyl sites for hydroxylation is 2. The summed E-state index contributed by atoms with van der Waals surface area (Å²) >= 11 is 0. The largest absolute Gasteiger partial charge is 0.385 e. The number of rotatable bonds is 2. The van der Waals surface area contributed by atoms with Crippen molar-refractivity contribution in [1.29, 1.82) is 0 Å². The van der Waals surface area contributed by atoms with Gasteiger partial charge in [-0.3, -0.25) is 0 Å². The van der Waals surface area contributed by atoms with Gasteiger partial charge in [0, 0.05) is 29.2 Å². The minimum absolute atomic E-state index is 0.989. The van der Waals surface area contributed by atoms with Gasteiger partial charge in [0.2, 0.25) is 0 Å². The Labute approximate surface area is 125 Å². The van der Waals surface area contributed by atoms with Crippen LogP contribution in [0.2, 0.25) is 0 Å². The molecule has 4 nitrogen and oxygen atoms in total. The highest BCUT2D eigenvalue weighted by atomic mass is 15.0. The first-order valence-electron chi connectivity index (χ1n) is 7.87. The topological polar surface area (TPSA) is 49.8 Å². The molecule has 1 aromatic carbocycles. The van der Waals surface area contributed by atoms with E-state index in [1.165, 1.54) is 41.8 Å². The van der Waals surface area contributed by atoms with E-state index in [0.29, 0.717) is 0 Å². The first kappa shape index (κ1) is 12.6. The Kier molecular flexibility index (Phi) is 3.22. The number of fused-ring (bicyclic) bond motifs is 2. The Morgan fingerprint density at radius 3 is 2.95 bits per heavy atom. The summed E-state index contributed by atoms with van der Waals surface area (Å²) in [6.45, 7) is 1.08. The molecule has 1 aliphatic carbocycles. The van der Waals surface area contributed by atoms with Crippen LogP contribution in [0.4, 0.5) is 17.2 Å². The molecule has 0 saturated heterocycles. The second kappa shape index (κ2) is 5.35. The van der Waals surface area contributed by atoms with Crippen molar-refractivity contribution in [2.24, 2.45) is 0 Å². The lowest BCUT2D eigenvalue weighted by Crippen LogP contribution is -2.12. The Morgan fingerprint density at radius 2 is 1.95 bits per heavy atom. The molecule has 0 atom stereocenters. The SMILES string of the molecule is c1nc2c(c(Nc3ccc4c(c3)CCCN4)n1)CCCC2. The summed E-state index contributed by atoms with van der Waals surface area (Å²) in [6.07, 6.45) is 8.70. The van der Waals surface area contributed by atoms with Crippen LogP contribution < -0.4 is 10.6 Å². The van der Waals surface area contributed by atoms with E-state index in [0.717, 1.165) is 37.3 Å². The first-order chi connectivity index (χ1) is 10.4. The van der Waals surface area contributed by atoms with Crippen molar-refractivity contribution in [2.45, 2.75) is 38.5 Å². The summed E-state index contributed by atoms with van der Waals surface area (Å²) in [4.78, 5) is 8.89. The highest BCUT2D eigenvalue weighted by molar-refractivity contribution is 5.66. The number of hydrogen-bond donors (Lipinski definition) is 2. The van der Waals surface area contributed by atoms with Gasteiger partial charge < -0.3 is 10.6 Å². The van der Waals surface area contributed by atoms with Crippen molar-refractivity contribution in [2.75, 3.05) is 17.2 Å². The van der Waals surface area contributed by atoms with E-state index in [1.807, 2.05) is 0 Å². The molecule has 2 aromatic rings. The molecule has 0 amide bonds. The minimum atomic E-state index is 0.989. The highest BCUT2D eigenvalue weighted by Gasteiger charge is 2.16. The molecule has 0 saturated carbocycles. The van der Waals surface area contributed by atoms with E-state index in [4.69, 9.17) is 0 Å². The summed E-state index contributed by atoms with van der Waals surface area (Å²) in [7, 11) is 0. The van der Waals surface area contributed by atoms with E-state index in [-0.39, 0.29) is 0 Å². The lowest BCUT2D eigenvalue weighted by Gasteiger charge is -2.21. The van der Waals surface area contributed by atoms with Gasteiger partial charge in [0.1, 0.15) is 12.1 Å². The van der Waals surface area contributed by atoms with Gasteiger partial charge in [-0.2, -0.15) is 0 Å². The third kappa shape index (κ3) is 2.46. The maximum Gasteiger partial charge on any atom is 0.137 e. The quantitative estimate of drug-likeness (QED) is 0.884. The number of anilines is 3. The van der Waals surface area contributed by atoms with Gasteiger partial charge in [-0.25, -0.2) is 9.97 Å². The maximum atomic E-state index is 4.46. The smallest absolute Gasteiger partial charge is 0.137 e. The number of benzene rings is 1. The van der Waals surface area contributed by atoms with Crippen molar-refractivity contribution in [3.8, 4) is 0 Å². The van der Waals surface area contributed by atoms with E-state index in [1.54, 1.807) is 6.33 Å². The molecule has 1 aliphatic heterocycles. The van der Waals surface area contributed by atoms with Gasteiger partial charge >= 0.3 is 0 Å². The Balaban J connectivity index is 1.64. The molecule has 0 bridgehead atoms. The van der Waals surface area contributed by atoms with Crippen molar-refractivity contribution in [3.63, 3.8) is 0 Å². The molecule has 2 N–H and O–H groups in total. The molecular weight excluding hydrogens is 260 g/mol. The van der Waals surface area contributed by atoms with Crippen molar-refractivity contribution >= 4 is 17.2 Å². The monoisotopic (exact) mass is 280 g/mol. The van der Waals surface area contributed by atoms with E-state index in [9.17, 15) is 0 Å². The van der Waals surface area contributed by atoms with Gasteiger partial charge in [-0.15, -0.1) is 0 Å². The van der Waals surface area contributed by atoms with E-state index in [2.05, 4.69) is 38.8 Å². The molecule has 2 heterocycles. The maximum absolute atomic E-state index is 4.46. The second-order valence-corrected chi connectivity index (χ2v) is 5.88. The van der Waals surface area contributed by atoms with Crippen LogP contribution in [0.5, 0.6) is 0 Å². The minimum Gasteiger partial charge on any atom is -0.385 e. The first-order valence-corrected chi connectivity index (χ1v) is 7.87. The molecule has 1 aromatic heterocycles. The number of nitrogens with zero attached hydrogens (tertiary/aromatic N) is 2. The lowest BCUT2D eigenvalue weighted by atomic mass is 9.96. The second-order valence-electron chi connectivity index (χ2n) is 5.88. The fourth-order valence-corrected chi connectivity index (χ4v) is 3.32. The van der Waals surface area contributed by atoms with Gasteiger partial charge in [0.25, 0.3) is 0 Å². The third-order valence-corrected chi connectivity index (χ3v) is 4.43. The van der Waals surface area contributed by atoms with Crippen LogP contribution in [0.15, 0.2) is 24.5 Å². The lowest BCUT2D eigenvalue weighted by molar-refractivity contribution is 0.664. The average molecular weight is 280 g/mol. The van der Waals surface area contributed by atoms with Crippen LogP contribution in [-0.4, -0.2) is 16.5 Å². The molecule has 2 aliphatic rings. The van der Waals surface area contributed by atoms with Gasteiger partial charge in [0.05, 0.1) is 0 Å². The summed E-state index contributed by atoms with van der Waals surface area (Å²) < 4.78 is 0. The van der Waals surface area contributed by atoms with Crippen LogP contribution in [0.25, 0.3) is 0 Å².